The molecule has 0 atom stereocenters. The summed E-state index contributed by atoms with van der Waals surface area (Å²) in [5.41, 5.74) is 0. The zero-order valence-electron chi connectivity index (χ0n) is 7.26. The summed E-state index contributed by atoms with van der Waals surface area (Å²) >= 11 is 3.60. The normalized spacial score (nSPS) is 20.6. The Balaban J connectivity index is 1.57. The van der Waals surface area contributed by atoms with Gasteiger partial charge in [0, 0.05) is 12.4 Å². The SMILES string of the molecule is C1=CN(COCN2C=CSC2)CS1. The molecule has 0 spiro atoms. The molecule has 0 radical (unpaired) electrons. The predicted molar refractivity (Wildman–Crippen MR) is 57.7 cm³/mol. The molecule has 0 aliphatic carbocycles. The summed E-state index contributed by atoms with van der Waals surface area (Å²) in [6.07, 6.45) is 4.14. The first-order valence-corrected chi connectivity index (χ1v) is 6.17. The van der Waals surface area contributed by atoms with Crippen molar-refractivity contribution >= 4 is 23.5 Å². The second-order valence-electron chi connectivity index (χ2n) is 2.80. The van der Waals surface area contributed by atoms with Crippen LogP contribution in [0.3, 0.4) is 0 Å². The number of hydrogen-bond donors (Lipinski definition) is 0. The fourth-order valence-electron chi connectivity index (χ4n) is 1.06. The van der Waals surface area contributed by atoms with Crippen molar-refractivity contribution in [2.24, 2.45) is 0 Å². The van der Waals surface area contributed by atoms with Gasteiger partial charge in [-0.15, -0.1) is 23.5 Å². The fourth-order valence-corrected chi connectivity index (χ4v) is 2.45. The van der Waals surface area contributed by atoms with Crippen LogP contribution in [0.1, 0.15) is 0 Å². The molecule has 0 amide bonds. The number of hydrogen-bond acceptors (Lipinski definition) is 5. The van der Waals surface area contributed by atoms with Crippen molar-refractivity contribution in [2.45, 2.75) is 0 Å². The van der Waals surface area contributed by atoms with Gasteiger partial charge in [0.25, 0.3) is 0 Å². The van der Waals surface area contributed by atoms with Crippen LogP contribution in [0.25, 0.3) is 0 Å². The van der Waals surface area contributed by atoms with Gasteiger partial charge in [-0.05, 0) is 10.8 Å². The molecule has 2 rings (SSSR count). The number of ether oxygens (including phenoxy) is 1. The average Bonchev–Trinajstić information content (AvgIpc) is 2.75. The minimum absolute atomic E-state index is 0.693. The van der Waals surface area contributed by atoms with Crippen molar-refractivity contribution in [2.75, 3.05) is 25.2 Å². The molecule has 2 aliphatic heterocycles. The van der Waals surface area contributed by atoms with E-state index in [1.165, 1.54) is 0 Å². The van der Waals surface area contributed by atoms with Crippen molar-refractivity contribution in [3.05, 3.63) is 23.2 Å². The Kier molecular flexibility index (Phi) is 3.46. The molecule has 0 unspecified atom stereocenters. The van der Waals surface area contributed by atoms with Gasteiger partial charge >= 0.3 is 0 Å². The molecule has 0 bridgehead atoms. The van der Waals surface area contributed by atoms with Crippen LogP contribution in [0, 0.1) is 0 Å². The van der Waals surface area contributed by atoms with E-state index in [9.17, 15) is 0 Å². The fraction of sp³-hybridized carbons (Fsp3) is 0.500. The topological polar surface area (TPSA) is 15.7 Å². The molecule has 0 saturated carbocycles. The third-order valence-corrected chi connectivity index (χ3v) is 3.32. The molecule has 3 nitrogen and oxygen atoms in total. The Morgan fingerprint density at radius 3 is 1.92 bits per heavy atom. The summed E-state index contributed by atoms with van der Waals surface area (Å²) in [5, 5.41) is 4.18. The molecular weight excluding hydrogens is 204 g/mol. The van der Waals surface area contributed by atoms with E-state index in [2.05, 4.69) is 33.0 Å². The van der Waals surface area contributed by atoms with Crippen LogP contribution < -0.4 is 0 Å². The van der Waals surface area contributed by atoms with Crippen molar-refractivity contribution in [1.29, 1.82) is 0 Å². The quantitative estimate of drug-likeness (QED) is 0.711. The Bertz CT molecular complexity index is 198. The molecule has 0 aromatic rings. The van der Waals surface area contributed by atoms with Crippen LogP contribution in [0.5, 0.6) is 0 Å². The smallest absolute Gasteiger partial charge is 0.121 e. The van der Waals surface area contributed by atoms with Crippen molar-refractivity contribution < 1.29 is 4.74 Å². The molecule has 2 heterocycles. The number of rotatable bonds is 4. The Morgan fingerprint density at radius 1 is 1.00 bits per heavy atom. The lowest BCUT2D eigenvalue weighted by Gasteiger charge is -2.18. The second kappa shape index (κ2) is 4.83. The molecule has 0 aromatic carbocycles. The van der Waals surface area contributed by atoms with E-state index in [0.717, 1.165) is 11.8 Å². The van der Waals surface area contributed by atoms with Crippen LogP contribution in [0.2, 0.25) is 0 Å². The lowest BCUT2D eigenvalue weighted by atomic mass is 10.8. The molecule has 0 saturated heterocycles. The minimum atomic E-state index is 0.693. The monoisotopic (exact) mass is 216 g/mol. The van der Waals surface area contributed by atoms with Crippen LogP contribution in [-0.4, -0.2) is 35.0 Å². The molecule has 0 fully saturated rings. The maximum absolute atomic E-state index is 5.52. The summed E-state index contributed by atoms with van der Waals surface area (Å²) in [6, 6.07) is 0. The minimum Gasteiger partial charge on any atom is -0.345 e. The lowest BCUT2D eigenvalue weighted by Crippen LogP contribution is -2.23. The zero-order chi connectivity index (χ0) is 8.93. The second-order valence-corrected chi connectivity index (χ2v) is 4.53. The molecule has 13 heavy (non-hydrogen) atoms. The van der Waals surface area contributed by atoms with E-state index in [1.807, 2.05) is 0 Å². The third-order valence-electron chi connectivity index (χ3n) is 1.73. The predicted octanol–water partition coefficient (Wildman–Crippen LogP) is 1.87. The largest absolute Gasteiger partial charge is 0.345 e. The summed E-state index contributed by atoms with van der Waals surface area (Å²) in [5.74, 6) is 2.04. The summed E-state index contributed by atoms with van der Waals surface area (Å²) in [7, 11) is 0. The van der Waals surface area contributed by atoms with Crippen molar-refractivity contribution in [1.82, 2.24) is 9.80 Å². The first-order chi connectivity index (χ1) is 6.45. The van der Waals surface area contributed by atoms with E-state index >= 15 is 0 Å². The van der Waals surface area contributed by atoms with Gasteiger partial charge in [0.05, 0.1) is 11.8 Å². The standard InChI is InChI=1S/C8H12N2OS2/c1-3-12-7-9(1)5-11-6-10-2-4-13-8-10/h1-4H,5-8H2. The van der Waals surface area contributed by atoms with Gasteiger partial charge in [-0.25, -0.2) is 0 Å². The highest BCUT2D eigenvalue weighted by Gasteiger charge is 2.06. The number of thioether (sulfide) groups is 2. The van der Waals surface area contributed by atoms with Crippen molar-refractivity contribution in [3.8, 4) is 0 Å². The van der Waals surface area contributed by atoms with E-state index < -0.39 is 0 Å². The molecule has 72 valence electrons. The lowest BCUT2D eigenvalue weighted by molar-refractivity contribution is 0.0151. The van der Waals surface area contributed by atoms with Crippen LogP contribution in [0.15, 0.2) is 23.2 Å². The average molecular weight is 216 g/mol. The van der Waals surface area contributed by atoms with E-state index in [1.54, 1.807) is 23.5 Å². The van der Waals surface area contributed by atoms with E-state index in [0.29, 0.717) is 13.5 Å². The van der Waals surface area contributed by atoms with Crippen molar-refractivity contribution in [3.63, 3.8) is 0 Å². The molecular formula is C8H12N2OS2. The Morgan fingerprint density at radius 2 is 1.54 bits per heavy atom. The first-order valence-electron chi connectivity index (χ1n) is 4.07. The third kappa shape index (κ3) is 2.86. The number of nitrogens with zero attached hydrogens (tertiary/aromatic N) is 2. The van der Waals surface area contributed by atoms with Gasteiger partial charge in [0.15, 0.2) is 0 Å². The van der Waals surface area contributed by atoms with Gasteiger partial charge in [-0.3, -0.25) is 0 Å². The van der Waals surface area contributed by atoms with Gasteiger partial charge in [-0.2, -0.15) is 0 Å². The zero-order valence-corrected chi connectivity index (χ0v) is 8.89. The summed E-state index contributed by atoms with van der Waals surface area (Å²) < 4.78 is 5.52. The highest BCUT2D eigenvalue weighted by atomic mass is 32.2. The first kappa shape index (κ1) is 9.30. The Hall–Kier alpha value is -0.260. The highest BCUT2D eigenvalue weighted by Crippen LogP contribution is 2.16. The van der Waals surface area contributed by atoms with Crippen LogP contribution >= 0.6 is 23.5 Å². The van der Waals surface area contributed by atoms with Gasteiger partial charge in [0.2, 0.25) is 0 Å². The highest BCUT2D eigenvalue weighted by molar-refractivity contribution is 8.02. The van der Waals surface area contributed by atoms with E-state index in [-0.39, 0.29) is 0 Å². The summed E-state index contributed by atoms with van der Waals surface area (Å²) in [6.45, 7) is 1.39. The maximum atomic E-state index is 5.52. The molecule has 0 aromatic heterocycles. The molecule has 2 aliphatic rings. The van der Waals surface area contributed by atoms with E-state index in [4.69, 9.17) is 4.74 Å². The molecule has 0 N–H and O–H groups in total. The van der Waals surface area contributed by atoms with Gasteiger partial charge in [0.1, 0.15) is 13.5 Å². The van der Waals surface area contributed by atoms with Crippen LogP contribution in [0.4, 0.5) is 0 Å². The van der Waals surface area contributed by atoms with Gasteiger partial charge in [-0.1, -0.05) is 0 Å². The summed E-state index contributed by atoms with van der Waals surface area (Å²) in [4.78, 5) is 4.30. The van der Waals surface area contributed by atoms with Gasteiger partial charge < -0.3 is 14.5 Å². The maximum Gasteiger partial charge on any atom is 0.121 e. The molecule has 5 heteroatoms. The Labute approximate surface area is 86.8 Å². The van der Waals surface area contributed by atoms with Crippen LogP contribution in [-0.2, 0) is 4.74 Å².